The normalized spacial score (nSPS) is 22.2. The van der Waals surface area contributed by atoms with E-state index in [9.17, 15) is 18.0 Å². The van der Waals surface area contributed by atoms with Crippen LogP contribution in [-0.2, 0) is 16.1 Å². The fourth-order valence-corrected chi connectivity index (χ4v) is 3.70. The number of halogens is 3. The lowest BCUT2D eigenvalue weighted by molar-refractivity contribution is -0.192. The van der Waals surface area contributed by atoms with Gasteiger partial charge in [0, 0.05) is 31.6 Å². The molecular formula is C20H27F3N2O3. The molecule has 2 saturated heterocycles. The average Bonchev–Trinajstić information content (AvgIpc) is 3.13. The van der Waals surface area contributed by atoms with E-state index >= 15 is 0 Å². The van der Waals surface area contributed by atoms with E-state index < -0.39 is 12.1 Å². The van der Waals surface area contributed by atoms with Crippen molar-refractivity contribution in [3.05, 3.63) is 35.9 Å². The molecule has 28 heavy (non-hydrogen) atoms. The largest absolute Gasteiger partial charge is 0.490 e. The summed E-state index contributed by atoms with van der Waals surface area (Å²) in [4.78, 5) is 25.9. The number of benzene rings is 1. The Hall–Kier alpha value is -2.09. The van der Waals surface area contributed by atoms with Crippen LogP contribution in [0.5, 0.6) is 0 Å². The molecule has 1 aromatic rings. The molecular weight excluding hydrogens is 373 g/mol. The SMILES string of the molecule is CC(C)CCN1CC[C@H]2[C@@H]1CC(=O)N2Cc1ccccc1.O=C(O)C(F)(F)F. The van der Waals surface area contributed by atoms with Gasteiger partial charge < -0.3 is 10.0 Å². The van der Waals surface area contributed by atoms with Gasteiger partial charge in [-0.15, -0.1) is 0 Å². The van der Waals surface area contributed by atoms with Crippen molar-refractivity contribution in [3.63, 3.8) is 0 Å². The molecule has 2 fully saturated rings. The molecule has 2 atom stereocenters. The van der Waals surface area contributed by atoms with Crippen molar-refractivity contribution in [2.75, 3.05) is 13.1 Å². The zero-order valence-corrected chi connectivity index (χ0v) is 16.2. The quantitative estimate of drug-likeness (QED) is 0.821. The molecule has 5 nitrogen and oxygen atoms in total. The maximum Gasteiger partial charge on any atom is 0.490 e. The molecule has 1 aromatic carbocycles. The Morgan fingerprint density at radius 2 is 1.82 bits per heavy atom. The number of carboxylic acid groups (broad SMARTS) is 1. The van der Waals surface area contributed by atoms with Gasteiger partial charge in [0.15, 0.2) is 0 Å². The summed E-state index contributed by atoms with van der Waals surface area (Å²) < 4.78 is 31.7. The average molecular weight is 400 g/mol. The minimum atomic E-state index is -5.08. The third-order valence-corrected chi connectivity index (χ3v) is 5.16. The monoisotopic (exact) mass is 400 g/mol. The molecule has 2 heterocycles. The summed E-state index contributed by atoms with van der Waals surface area (Å²) in [6, 6.07) is 11.3. The minimum Gasteiger partial charge on any atom is -0.475 e. The Morgan fingerprint density at radius 3 is 2.36 bits per heavy atom. The summed E-state index contributed by atoms with van der Waals surface area (Å²) >= 11 is 0. The maximum atomic E-state index is 12.4. The molecule has 0 aliphatic carbocycles. The van der Waals surface area contributed by atoms with Gasteiger partial charge in [0.1, 0.15) is 0 Å². The first-order valence-electron chi connectivity index (χ1n) is 9.47. The van der Waals surface area contributed by atoms with Crippen LogP contribution in [0.1, 0.15) is 38.7 Å². The second-order valence-electron chi connectivity index (χ2n) is 7.66. The molecule has 0 saturated carbocycles. The molecule has 156 valence electrons. The smallest absolute Gasteiger partial charge is 0.475 e. The molecule has 8 heteroatoms. The predicted octanol–water partition coefficient (Wildman–Crippen LogP) is 3.54. The lowest BCUT2D eigenvalue weighted by Crippen LogP contribution is -2.37. The van der Waals surface area contributed by atoms with Gasteiger partial charge in [-0.25, -0.2) is 4.79 Å². The second-order valence-corrected chi connectivity index (χ2v) is 7.66. The zero-order chi connectivity index (χ0) is 20.9. The molecule has 1 amide bonds. The molecule has 0 aromatic heterocycles. The van der Waals surface area contributed by atoms with Gasteiger partial charge in [0.2, 0.25) is 5.91 Å². The highest BCUT2D eigenvalue weighted by Gasteiger charge is 2.46. The highest BCUT2D eigenvalue weighted by Crippen LogP contribution is 2.33. The van der Waals surface area contributed by atoms with Crippen molar-refractivity contribution in [1.82, 2.24) is 9.80 Å². The van der Waals surface area contributed by atoms with Crippen LogP contribution in [0.2, 0.25) is 0 Å². The lowest BCUT2D eigenvalue weighted by atomic mass is 10.1. The maximum absolute atomic E-state index is 12.4. The second kappa shape index (κ2) is 9.41. The summed E-state index contributed by atoms with van der Waals surface area (Å²) in [5, 5.41) is 7.12. The van der Waals surface area contributed by atoms with Gasteiger partial charge >= 0.3 is 12.1 Å². The third-order valence-electron chi connectivity index (χ3n) is 5.16. The number of rotatable bonds is 5. The summed E-state index contributed by atoms with van der Waals surface area (Å²) in [7, 11) is 0. The highest BCUT2D eigenvalue weighted by atomic mass is 19.4. The number of amides is 1. The molecule has 1 N–H and O–H groups in total. The van der Waals surface area contributed by atoms with E-state index in [1.165, 1.54) is 12.0 Å². The van der Waals surface area contributed by atoms with Crippen molar-refractivity contribution < 1.29 is 27.9 Å². The van der Waals surface area contributed by atoms with Crippen molar-refractivity contribution in [2.24, 2.45) is 5.92 Å². The van der Waals surface area contributed by atoms with Gasteiger partial charge in [-0.2, -0.15) is 13.2 Å². The molecule has 0 bridgehead atoms. The number of alkyl halides is 3. The summed E-state index contributed by atoms with van der Waals surface area (Å²) in [6.45, 7) is 7.62. The summed E-state index contributed by atoms with van der Waals surface area (Å²) in [6.07, 6.45) is -1.99. The van der Waals surface area contributed by atoms with Crippen molar-refractivity contribution in [1.29, 1.82) is 0 Å². The van der Waals surface area contributed by atoms with E-state index in [1.807, 2.05) is 6.07 Å². The zero-order valence-electron chi connectivity index (χ0n) is 16.2. The van der Waals surface area contributed by atoms with Crippen molar-refractivity contribution >= 4 is 11.9 Å². The van der Waals surface area contributed by atoms with E-state index in [0.29, 0.717) is 18.0 Å². The van der Waals surface area contributed by atoms with Gasteiger partial charge in [-0.05, 0) is 30.9 Å². The third kappa shape index (κ3) is 5.95. The Balaban J connectivity index is 0.000000345. The Labute approximate surface area is 163 Å². The van der Waals surface area contributed by atoms with E-state index in [4.69, 9.17) is 9.90 Å². The van der Waals surface area contributed by atoms with Crippen LogP contribution in [0.15, 0.2) is 30.3 Å². The molecule has 0 unspecified atom stereocenters. The fraction of sp³-hybridized carbons (Fsp3) is 0.600. The lowest BCUT2D eigenvalue weighted by Gasteiger charge is -2.26. The number of aliphatic carboxylic acids is 1. The number of carbonyl (C=O) groups excluding carboxylic acids is 1. The topological polar surface area (TPSA) is 60.9 Å². The van der Waals surface area contributed by atoms with E-state index in [-0.39, 0.29) is 0 Å². The van der Waals surface area contributed by atoms with Crippen LogP contribution in [0.3, 0.4) is 0 Å². The van der Waals surface area contributed by atoms with E-state index in [1.54, 1.807) is 0 Å². The van der Waals surface area contributed by atoms with E-state index in [0.717, 1.165) is 38.4 Å². The predicted molar refractivity (Wildman–Crippen MR) is 98.5 cm³/mol. The van der Waals surface area contributed by atoms with Gasteiger partial charge in [0.25, 0.3) is 0 Å². The summed E-state index contributed by atoms with van der Waals surface area (Å²) in [5.74, 6) is -1.68. The number of hydrogen-bond donors (Lipinski definition) is 1. The highest BCUT2D eigenvalue weighted by molar-refractivity contribution is 5.80. The Morgan fingerprint density at radius 1 is 1.21 bits per heavy atom. The Bertz CT molecular complexity index is 664. The first-order chi connectivity index (χ1) is 13.1. The first-order valence-corrected chi connectivity index (χ1v) is 9.47. The van der Waals surface area contributed by atoms with Crippen molar-refractivity contribution in [3.8, 4) is 0 Å². The van der Waals surface area contributed by atoms with Crippen LogP contribution < -0.4 is 0 Å². The van der Waals surface area contributed by atoms with Crippen molar-refractivity contribution in [2.45, 2.75) is 57.9 Å². The van der Waals surface area contributed by atoms with Crippen LogP contribution in [-0.4, -0.2) is 58.1 Å². The van der Waals surface area contributed by atoms with Crippen LogP contribution in [0, 0.1) is 5.92 Å². The van der Waals surface area contributed by atoms with Gasteiger partial charge in [-0.3, -0.25) is 9.69 Å². The molecule has 3 rings (SSSR count). The van der Waals surface area contributed by atoms with Gasteiger partial charge in [-0.1, -0.05) is 44.2 Å². The minimum absolute atomic E-state index is 0.336. The number of fused-ring (bicyclic) bond motifs is 1. The van der Waals surface area contributed by atoms with Gasteiger partial charge in [0.05, 0.1) is 0 Å². The number of carbonyl (C=O) groups is 2. The standard InChI is InChI=1S/C18H26N2O.C2HF3O2/c1-14(2)8-10-19-11-9-16-17(19)12-18(21)20(16)13-15-6-4-3-5-7-15;3-2(4,5)1(6)7/h3-7,14,16-17H,8-13H2,1-2H3;(H,6,7)/t16-,17-;/m0./s1. The Kier molecular flexibility index (Phi) is 7.46. The molecule has 0 radical (unpaired) electrons. The van der Waals surface area contributed by atoms with Crippen LogP contribution in [0.25, 0.3) is 0 Å². The number of nitrogens with zero attached hydrogens (tertiary/aromatic N) is 2. The van der Waals surface area contributed by atoms with Crippen LogP contribution >= 0.6 is 0 Å². The van der Waals surface area contributed by atoms with Crippen LogP contribution in [0.4, 0.5) is 13.2 Å². The summed E-state index contributed by atoms with van der Waals surface area (Å²) in [5.41, 5.74) is 1.24. The number of hydrogen-bond acceptors (Lipinski definition) is 3. The first kappa shape index (κ1) is 22.2. The molecule has 2 aliphatic rings. The number of likely N-dealkylation sites (tertiary alicyclic amines) is 2. The van der Waals surface area contributed by atoms with E-state index in [2.05, 4.69) is 47.9 Å². The molecule has 2 aliphatic heterocycles. The fourth-order valence-electron chi connectivity index (χ4n) is 3.70. The number of carboxylic acids is 1. The molecule has 0 spiro atoms.